The molecule has 3 N–H and O–H groups in total. The van der Waals surface area contributed by atoms with Gasteiger partial charge in [-0.3, -0.25) is 15.0 Å². The van der Waals surface area contributed by atoms with Crippen molar-refractivity contribution >= 4 is 45.7 Å². The highest BCUT2D eigenvalue weighted by Crippen LogP contribution is 2.28. The van der Waals surface area contributed by atoms with Gasteiger partial charge in [0, 0.05) is 41.1 Å². The zero-order valence-electron chi connectivity index (χ0n) is 16.1. The third-order valence-corrected chi connectivity index (χ3v) is 5.68. The van der Waals surface area contributed by atoms with Crippen LogP contribution in [0.1, 0.15) is 30.0 Å². The first kappa shape index (κ1) is 20.6. The average molecular weight is 422 g/mol. The van der Waals surface area contributed by atoms with Gasteiger partial charge in [-0.15, -0.1) is 11.3 Å². The van der Waals surface area contributed by atoms with Crippen LogP contribution in [-0.2, 0) is 17.8 Å². The second-order valence-corrected chi connectivity index (χ2v) is 8.61. The largest absolute Gasteiger partial charge is 0.336 e. The number of nitrogens with zero attached hydrogens (tertiary/aromatic N) is 2. The van der Waals surface area contributed by atoms with E-state index in [-0.39, 0.29) is 18.0 Å². The van der Waals surface area contributed by atoms with Gasteiger partial charge < -0.3 is 10.6 Å². The lowest BCUT2D eigenvalue weighted by atomic mass is 10.2. The summed E-state index contributed by atoms with van der Waals surface area (Å²) in [7, 11) is 0. The summed E-state index contributed by atoms with van der Waals surface area (Å²) in [4.78, 5) is 31.9. The Morgan fingerprint density at radius 3 is 2.82 bits per heavy atom. The number of thiazole rings is 1. The van der Waals surface area contributed by atoms with E-state index in [9.17, 15) is 9.59 Å². The molecular formula is C19H24ClN5O2S. The molecule has 150 valence electrons. The first-order valence-corrected chi connectivity index (χ1v) is 10.3. The molecule has 1 aromatic heterocycles. The molecule has 1 aliphatic rings. The van der Waals surface area contributed by atoms with E-state index in [1.807, 2.05) is 32.9 Å². The molecule has 0 fully saturated rings. The van der Waals surface area contributed by atoms with Gasteiger partial charge in [0.05, 0.1) is 12.2 Å². The van der Waals surface area contributed by atoms with Crippen LogP contribution in [0, 0.1) is 6.92 Å². The number of benzene rings is 1. The van der Waals surface area contributed by atoms with Gasteiger partial charge in [-0.1, -0.05) is 17.7 Å². The molecule has 3 rings (SSSR count). The minimum Gasteiger partial charge on any atom is -0.336 e. The Labute approximate surface area is 173 Å². The van der Waals surface area contributed by atoms with Crippen LogP contribution in [0.25, 0.3) is 0 Å². The molecule has 9 heteroatoms. The number of hydrogen-bond acceptors (Lipinski definition) is 5. The van der Waals surface area contributed by atoms with Crippen LogP contribution in [0.2, 0.25) is 5.02 Å². The lowest BCUT2D eigenvalue weighted by Crippen LogP contribution is -2.36. The van der Waals surface area contributed by atoms with E-state index in [2.05, 4.69) is 25.8 Å². The van der Waals surface area contributed by atoms with Gasteiger partial charge in [0.2, 0.25) is 5.91 Å². The maximum atomic E-state index is 12.4. The molecule has 28 heavy (non-hydrogen) atoms. The fourth-order valence-electron chi connectivity index (χ4n) is 2.91. The predicted octanol–water partition coefficient (Wildman–Crippen LogP) is 3.63. The molecule has 1 aliphatic heterocycles. The van der Waals surface area contributed by atoms with Crippen LogP contribution in [-0.4, -0.2) is 41.0 Å². The molecule has 7 nitrogen and oxygen atoms in total. The maximum Gasteiger partial charge on any atom is 0.321 e. The second kappa shape index (κ2) is 8.89. The molecule has 0 saturated carbocycles. The normalized spacial score (nSPS) is 13.9. The van der Waals surface area contributed by atoms with E-state index in [4.69, 9.17) is 11.6 Å². The smallest absolute Gasteiger partial charge is 0.321 e. The lowest BCUT2D eigenvalue weighted by Gasteiger charge is -2.25. The topological polar surface area (TPSA) is 86.4 Å². The number of rotatable bonds is 5. The van der Waals surface area contributed by atoms with E-state index in [1.54, 1.807) is 6.07 Å². The van der Waals surface area contributed by atoms with Crippen LogP contribution in [0.5, 0.6) is 0 Å². The highest BCUT2D eigenvalue weighted by Gasteiger charge is 2.23. The second-order valence-electron chi connectivity index (χ2n) is 7.11. The lowest BCUT2D eigenvalue weighted by molar-refractivity contribution is -0.117. The Morgan fingerprint density at radius 1 is 1.32 bits per heavy atom. The summed E-state index contributed by atoms with van der Waals surface area (Å²) in [6.07, 6.45) is 0.753. The average Bonchev–Trinajstić information content (AvgIpc) is 2.98. The van der Waals surface area contributed by atoms with Crippen molar-refractivity contribution in [1.82, 2.24) is 15.2 Å². The van der Waals surface area contributed by atoms with Gasteiger partial charge in [-0.25, -0.2) is 9.78 Å². The van der Waals surface area contributed by atoms with Gasteiger partial charge in [-0.2, -0.15) is 0 Å². The summed E-state index contributed by atoms with van der Waals surface area (Å²) in [5.74, 6) is -0.0810. The van der Waals surface area contributed by atoms with Gasteiger partial charge in [0.15, 0.2) is 5.13 Å². The monoisotopic (exact) mass is 421 g/mol. The number of amides is 3. The SMILES string of the molecule is Cc1ccc(NC(=O)CN2CCc3nc(NC(=O)NC(C)C)sc3C2)cc1Cl. The summed E-state index contributed by atoms with van der Waals surface area (Å²) >= 11 is 7.56. The summed E-state index contributed by atoms with van der Waals surface area (Å²) < 4.78 is 0. The molecular weight excluding hydrogens is 398 g/mol. The van der Waals surface area contributed by atoms with Crippen LogP contribution in [0.4, 0.5) is 15.6 Å². The van der Waals surface area contributed by atoms with Crippen molar-refractivity contribution in [2.75, 3.05) is 23.7 Å². The predicted molar refractivity (Wildman–Crippen MR) is 113 cm³/mol. The summed E-state index contributed by atoms with van der Waals surface area (Å²) in [5.41, 5.74) is 2.66. The van der Waals surface area contributed by atoms with E-state index in [1.165, 1.54) is 11.3 Å². The van der Waals surface area contributed by atoms with Crippen molar-refractivity contribution in [2.45, 2.75) is 39.8 Å². The third kappa shape index (κ3) is 5.43. The highest BCUT2D eigenvalue weighted by atomic mass is 35.5. The fourth-order valence-corrected chi connectivity index (χ4v) is 4.13. The molecule has 3 amide bonds. The highest BCUT2D eigenvalue weighted by molar-refractivity contribution is 7.15. The van der Waals surface area contributed by atoms with E-state index < -0.39 is 0 Å². The minimum atomic E-state index is -0.255. The quantitative estimate of drug-likeness (QED) is 0.688. The first-order chi connectivity index (χ1) is 13.3. The number of carbonyl (C=O) groups excluding carboxylic acids is 2. The number of hydrogen-bond donors (Lipinski definition) is 3. The Kier molecular flexibility index (Phi) is 6.53. The molecule has 0 radical (unpaired) electrons. The molecule has 0 saturated heterocycles. The van der Waals surface area contributed by atoms with Crippen molar-refractivity contribution < 1.29 is 9.59 Å². The number of fused-ring (bicyclic) bond motifs is 1. The number of aromatic nitrogens is 1. The first-order valence-electron chi connectivity index (χ1n) is 9.14. The Balaban J connectivity index is 1.55. The van der Waals surface area contributed by atoms with Crippen molar-refractivity contribution in [2.24, 2.45) is 0 Å². The number of carbonyl (C=O) groups is 2. The van der Waals surface area contributed by atoms with E-state index in [0.717, 1.165) is 29.1 Å². The van der Waals surface area contributed by atoms with Crippen LogP contribution in [0.15, 0.2) is 18.2 Å². The molecule has 0 unspecified atom stereocenters. The van der Waals surface area contributed by atoms with Crippen molar-refractivity contribution in [3.05, 3.63) is 39.4 Å². The van der Waals surface area contributed by atoms with Gasteiger partial charge in [-0.05, 0) is 38.5 Å². The Bertz CT molecular complexity index is 883. The third-order valence-electron chi connectivity index (χ3n) is 4.27. The number of aryl methyl sites for hydroxylation is 1. The minimum absolute atomic E-state index is 0.0620. The molecule has 0 atom stereocenters. The summed E-state index contributed by atoms with van der Waals surface area (Å²) in [6.45, 7) is 7.40. The van der Waals surface area contributed by atoms with Crippen molar-refractivity contribution in [1.29, 1.82) is 0 Å². The van der Waals surface area contributed by atoms with E-state index >= 15 is 0 Å². The fraction of sp³-hybridized carbons (Fsp3) is 0.421. The zero-order chi connectivity index (χ0) is 20.3. The number of nitrogens with one attached hydrogen (secondary N) is 3. The molecule has 2 heterocycles. The standard InChI is InChI=1S/C19H24ClN5O2S/c1-11(2)21-18(27)24-19-23-15-6-7-25(9-16(15)28-19)10-17(26)22-13-5-4-12(3)14(20)8-13/h4-5,8,11H,6-7,9-10H2,1-3H3,(H,22,26)(H2,21,23,24,27). The van der Waals surface area contributed by atoms with Crippen LogP contribution >= 0.6 is 22.9 Å². The number of urea groups is 1. The molecule has 2 aromatic rings. The van der Waals surface area contributed by atoms with E-state index in [0.29, 0.717) is 28.9 Å². The molecule has 0 bridgehead atoms. The summed E-state index contributed by atoms with van der Waals surface area (Å²) in [5, 5.41) is 9.66. The Morgan fingerprint density at radius 2 is 2.11 bits per heavy atom. The molecule has 0 aliphatic carbocycles. The van der Waals surface area contributed by atoms with Gasteiger partial charge in [0.25, 0.3) is 0 Å². The summed E-state index contributed by atoms with van der Waals surface area (Å²) in [6, 6.07) is 5.29. The van der Waals surface area contributed by atoms with Crippen molar-refractivity contribution in [3.63, 3.8) is 0 Å². The number of anilines is 2. The van der Waals surface area contributed by atoms with Gasteiger partial charge >= 0.3 is 6.03 Å². The molecule has 0 spiro atoms. The zero-order valence-corrected chi connectivity index (χ0v) is 17.7. The maximum absolute atomic E-state index is 12.4. The van der Waals surface area contributed by atoms with Crippen molar-refractivity contribution in [3.8, 4) is 0 Å². The Hall–Kier alpha value is -2.16. The molecule has 1 aromatic carbocycles. The van der Waals surface area contributed by atoms with Gasteiger partial charge in [0.1, 0.15) is 0 Å². The van der Waals surface area contributed by atoms with Crippen LogP contribution < -0.4 is 16.0 Å². The van der Waals surface area contributed by atoms with Crippen LogP contribution in [0.3, 0.4) is 0 Å². The number of halogens is 1.